The molecule has 0 spiro atoms. The summed E-state index contributed by atoms with van der Waals surface area (Å²) in [6, 6.07) is 6.05. The Bertz CT molecular complexity index is 782. The lowest BCUT2D eigenvalue weighted by Gasteiger charge is -2.12. The number of aromatic nitrogens is 2. The van der Waals surface area contributed by atoms with Crippen molar-refractivity contribution < 1.29 is 9.47 Å². The van der Waals surface area contributed by atoms with Gasteiger partial charge in [0, 0.05) is 38.4 Å². The van der Waals surface area contributed by atoms with Crippen molar-refractivity contribution >= 4 is 5.96 Å². The van der Waals surface area contributed by atoms with Crippen LogP contribution in [-0.2, 0) is 20.0 Å². The van der Waals surface area contributed by atoms with Gasteiger partial charge in [-0.1, -0.05) is 6.07 Å². The number of hydrogen-bond donors (Lipinski definition) is 2. The standard InChI is InChI=1S/C18H25N5O2/c1-12-15(13(2)23(4)22-12)10-21-18(19-3)20-8-7-14-5-6-16-17(9-14)25-11-24-16/h5-6,9H,7-8,10-11H2,1-4H3,(H2,19,20,21). The van der Waals surface area contributed by atoms with Gasteiger partial charge in [0.15, 0.2) is 17.5 Å². The van der Waals surface area contributed by atoms with Crippen LogP contribution >= 0.6 is 0 Å². The first-order valence-corrected chi connectivity index (χ1v) is 8.40. The summed E-state index contributed by atoms with van der Waals surface area (Å²) in [7, 11) is 3.74. The molecule has 134 valence electrons. The smallest absolute Gasteiger partial charge is 0.231 e. The van der Waals surface area contributed by atoms with E-state index in [9.17, 15) is 0 Å². The maximum Gasteiger partial charge on any atom is 0.231 e. The van der Waals surface area contributed by atoms with E-state index in [2.05, 4.69) is 33.7 Å². The SMILES string of the molecule is CN=C(NCCc1ccc2c(c1)OCO2)NCc1c(C)nn(C)c1C. The van der Waals surface area contributed by atoms with E-state index in [0.29, 0.717) is 13.3 Å². The molecule has 2 aromatic rings. The van der Waals surface area contributed by atoms with Crippen LogP contribution in [0.5, 0.6) is 11.5 Å². The zero-order valence-corrected chi connectivity index (χ0v) is 15.2. The van der Waals surface area contributed by atoms with E-state index in [1.54, 1.807) is 7.05 Å². The van der Waals surface area contributed by atoms with Crippen LogP contribution in [0.15, 0.2) is 23.2 Å². The minimum absolute atomic E-state index is 0.306. The molecule has 1 aliphatic rings. The maximum atomic E-state index is 5.41. The highest BCUT2D eigenvalue weighted by Crippen LogP contribution is 2.32. The van der Waals surface area contributed by atoms with Crippen LogP contribution in [0.4, 0.5) is 0 Å². The molecule has 0 fully saturated rings. The van der Waals surface area contributed by atoms with Crippen LogP contribution in [0.2, 0.25) is 0 Å². The molecule has 0 unspecified atom stereocenters. The molecule has 0 saturated carbocycles. The molecular weight excluding hydrogens is 318 g/mol. The largest absolute Gasteiger partial charge is 0.454 e. The summed E-state index contributed by atoms with van der Waals surface area (Å²) in [4.78, 5) is 4.28. The van der Waals surface area contributed by atoms with Crippen LogP contribution in [0, 0.1) is 13.8 Å². The van der Waals surface area contributed by atoms with E-state index in [4.69, 9.17) is 9.47 Å². The minimum atomic E-state index is 0.306. The third kappa shape index (κ3) is 3.87. The first kappa shape index (κ1) is 17.1. The van der Waals surface area contributed by atoms with Gasteiger partial charge in [0.25, 0.3) is 0 Å². The van der Waals surface area contributed by atoms with Gasteiger partial charge in [-0.25, -0.2) is 0 Å². The number of aliphatic imine (C=N–C) groups is 1. The van der Waals surface area contributed by atoms with E-state index < -0.39 is 0 Å². The fourth-order valence-corrected chi connectivity index (χ4v) is 2.89. The summed E-state index contributed by atoms with van der Waals surface area (Å²) in [6.07, 6.45) is 0.877. The number of nitrogens with one attached hydrogen (secondary N) is 2. The number of fused-ring (bicyclic) bond motifs is 1. The van der Waals surface area contributed by atoms with E-state index in [0.717, 1.165) is 36.1 Å². The van der Waals surface area contributed by atoms with Crippen LogP contribution in [-0.4, -0.2) is 36.1 Å². The highest BCUT2D eigenvalue weighted by atomic mass is 16.7. The zero-order valence-electron chi connectivity index (χ0n) is 15.2. The predicted octanol–water partition coefficient (Wildman–Crippen LogP) is 1.67. The van der Waals surface area contributed by atoms with Gasteiger partial charge >= 0.3 is 0 Å². The molecule has 7 nitrogen and oxygen atoms in total. The first-order valence-electron chi connectivity index (χ1n) is 8.40. The molecule has 25 heavy (non-hydrogen) atoms. The maximum absolute atomic E-state index is 5.41. The number of aryl methyl sites for hydroxylation is 2. The van der Waals surface area contributed by atoms with E-state index in [1.165, 1.54) is 16.8 Å². The lowest BCUT2D eigenvalue weighted by atomic mass is 10.1. The molecule has 0 atom stereocenters. The van der Waals surface area contributed by atoms with Gasteiger partial charge in [-0.15, -0.1) is 0 Å². The Morgan fingerprint density at radius 2 is 2.04 bits per heavy atom. The summed E-state index contributed by atoms with van der Waals surface area (Å²) in [6.45, 7) is 5.90. The number of guanidine groups is 1. The number of ether oxygens (including phenoxy) is 2. The van der Waals surface area contributed by atoms with Crippen molar-refractivity contribution in [2.45, 2.75) is 26.8 Å². The van der Waals surface area contributed by atoms with Crippen molar-refractivity contribution in [3.8, 4) is 11.5 Å². The highest BCUT2D eigenvalue weighted by Gasteiger charge is 2.13. The normalized spacial score (nSPS) is 13.2. The molecule has 0 amide bonds. The van der Waals surface area contributed by atoms with E-state index >= 15 is 0 Å². The van der Waals surface area contributed by atoms with Crippen molar-refractivity contribution in [3.63, 3.8) is 0 Å². The second kappa shape index (κ2) is 7.46. The number of rotatable bonds is 5. The molecule has 0 bridgehead atoms. The lowest BCUT2D eigenvalue weighted by molar-refractivity contribution is 0.174. The first-order chi connectivity index (χ1) is 12.1. The van der Waals surface area contributed by atoms with Crippen LogP contribution in [0.3, 0.4) is 0 Å². The van der Waals surface area contributed by atoms with Crippen LogP contribution in [0.25, 0.3) is 0 Å². The summed E-state index contributed by atoms with van der Waals surface area (Å²) < 4.78 is 12.7. The van der Waals surface area contributed by atoms with E-state index in [-0.39, 0.29) is 0 Å². The van der Waals surface area contributed by atoms with Crippen molar-refractivity contribution in [1.29, 1.82) is 0 Å². The molecule has 1 aromatic carbocycles. The third-order valence-corrected chi connectivity index (χ3v) is 4.46. The van der Waals surface area contributed by atoms with Gasteiger partial charge in [0.1, 0.15) is 0 Å². The zero-order chi connectivity index (χ0) is 17.8. The molecule has 0 saturated heterocycles. The average Bonchev–Trinajstić information content (AvgIpc) is 3.16. The minimum Gasteiger partial charge on any atom is -0.454 e. The van der Waals surface area contributed by atoms with Crippen molar-refractivity contribution in [2.75, 3.05) is 20.4 Å². The third-order valence-electron chi connectivity index (χ3n) is 4.46. The fraction of sp³-hybridized carbons (Fsp3) is 0.444. The number of hydrogen-bond acceptors (Lipinski definition) is 4. The molecule has 3 rings (SSSR count). The summed E-state index contributed by atoms with van der Waals surface area (Å²) in [5, 5.41) is 11.1. The Kier molecular flexibility index (Phi) is 5.11. The van der Waals surface area contributed by atoms with Crippen LogP contribution < -0.4 is 20.1 Å². The summed E-state index contributed by atoms with van der Waals surface area (Å²) in [5.74, 6) is 2.42. The Labute approximate surface area is 148 Å². The van der Waals surface area contributed by atoms with Gasteiger partial charge < -0.3 is 20.1 Å². The molecule has 0 radical (unpaired) electrons. The van der Waals surface area contributed by atoms with Crippen molar-refractivity contribution in [1.82, 2.24) is 20.4 Å². The second-order valence-corrected chi connectivity index (χ2v) is 6.06. The van der Waals surface area contributed by atoms with E-state index in [1.807, 2.05) is 30.8 Å². The number of benzene rings is 1. The molecule has 1 aliphatic heterocycles. The molecule has 2 heterocycles. The Morgan fingerprint density at radius 1 is 1.24 bits per heavy atom. The second-order valence-electron chi connectivity index (χ2n) is 6.06. The topological polar surface area (TPSA) is 72.7 Å². The van der Waals surface area contributed by atoms with Gasteiger partial charge in [0.05, 0.1) is 5.69 Å². The van der Waals surface area contributed by atoms with Gasteiger partial charge in [-0.2, -0.15) is 5.10 Å². The summed E-state index contributed by atoms with van der Waals surface area (Å²) in [5.41, 5.74) is 4.62. The predicted molar refractivity (Wildman–Crippen MR) is 97.2 cm³/mol. The highest BCUT2D eigenvalue weighted by molar-refractivity contribution is 5.79. The van der Waals surface area contributed by atoms with Crippen molar-refractivity contribution in [3.05, 3.63) is 40.7 Å². The molecule has 1 aromatic heterocycles. The molecule has 7 heteroatoms. The number of nitrogens with zero attached hydrogens (tertiary/aromatic N) is 3. The quantitative estimate of drug-likeness (QED) is 0.638. The Hall–Kier alpha value is -2.70. The van der Waals surface area contributed by atoms with Crippen LogP contribution in [0.1, 0.15) is 22.5 Å². The summed E-state index contributed by atoms with van der Waals surface area (Å²) >= 11 is 0. The molecule has 2 N–H and O–H groups in total. The van der Waals surface area contributed by atoms with Crippen molar-refractivity contribution in [2.24, 2.45) is 12.0 Å². The average molecular weight is 343 g/mol. The van der Waals surface area contributed by atoms with Gasteiger partial charge in [0.2, 0.25) is 6.79 Å². The lowest BCUT2D eigenvalue weighted by Crippen LogP contribution is -2.38. The monoisotopic (exact) mass is 343 g/mol. The Morgan fingerprint density at radius 3 is 2.76 bits per heavy atom. The molecular formula is C18H25N5O2. The van der Waals surface area contributed by atoms with Gasteiger partial charge in [-0.3, -0.25) is 9.67 Å². The molecule has 0 aliphatic carbocycles. The fourth-order valence-electron chi connectivity index (χ4n) is 2.89. The van der Waals surface area contributed by atoms with Gasteiger partial charge in [-0.05, 0) is 38.0 Å². The Balaban J connectivity index is 1.49.